The van der Waals surface area contributed by atoms with Crippen molar-refractivity contribution in [2.24, 2.45) is 0 Å². The summed E-state index contributed by atoms with van der Waals surface area (Å²) in [7, 11) is -5.07. The molecule has 408 valence electrons. The predicted octanol–water partition coefficient (Wildman–Crippen LogP) is 13.6. The van der Waals surface area contributed by atoms with Gasteiger partial charge < -0.3 is 34.3 Å². The number of ether oxygens (including phenoxy) is 4. The summed E-state index contributed by atoms with van der Waals surface area (Å²) in [5, 5.41) is 30.8. The minimum absolute atomic E-state index is 0.0259. The lowest BCUT2D eigenvalue weighted by Crippen LogP contribution is -2.60. The molecule has 0 aromatic rings. The Kier molecular flexibility index (Phi) is 44.9. The van der Waals surface area contributed by atoms with Crippen LogP contribution in [0.4, 0.5) is 0 Å². The monoisotopic (exact) mass is 1010 g/mol. The van der Waals surface area contributed by atoms with Crippen molar-refractivity contribution in [3.63, 3.8) is 0 Å². The van der Waals surface area contributed by atoms with Gasteiger partial charge in [-0.2, -0.15) is 8.42 Å². The van der Waals surface area contributed by atoms with Crippen molar-refractivity contribution in [1.29, 1.82) is 0 Å². The molecule has 0 aromatic carbocycles. The number of unbranched alkanes of at least 4 members (excludes halogenated alkanes) is 26. The fourth-order valence-corrected chi connectivity index (χ4v) is 8.97. The van der Waals surface area contributed by atoms with Crippen LogP contribution in [-0.2, 0) is 38.3 Å². The Hall–Kier alpha value is -2.20. The van der Waals surface area contributed by atoms with E-state index < -0.39 is 59.8 Å². The second kappa shape index (κ2) is 47.8. The zero-order valence-electron chi connectivity index (χ0n) is 44.1. The van der Waals surface area contributed by atoms with Crippen LogP contribution in [0.1, 0.15) is 232 Å². The first-order valence-electron chi connectivity index (χ1n) is 28.0. The molecule has 1 fully saturated rings. The van der Waals surface area contributed by atoms with Crippen LogP contribution in [0.2, 0.25) is 0 Å². The summed E-state index contributed by atoms with van der Waals surface area (Å²) in [6, 6.07) is 0. The third kappa shape index (κ3) is 40.3. The molecular weight excluding hydrogens is 909 g/mol. The number of hydrogen-bond donors (Lipinski definition) is 4. The first-order chi connectivity index (χ1) is 34.1. The van der Waals surface area contributed by atoms with Crippen LogP contribution in [-0.4, -0.2) is 97.5 Å². The number of hydrogen-bond acceptors (Lipinski definition) is 11. The molecule has 0 aromatic heterocycles. The Labute approximate surface area is 427 Å². The molecule has 0 amide bonds. The molecule has 1 saturated heterocycles. The van der Waals surface area contributed by atoms with Crippen molar-refractivity contribution in [3.05, 3.63) is 60.8 Å². The summed E-state index contributed by atoms with van der Waals surface area (Å²) in [5.74, 6) is -0.402. The van der Waals surface area contributed by atoms with Crippen LogP contribution in [0, 0.1) is 0 Å². The van der Waals surface area contributed by atoms with Gasteiger partial charge in [0.05, 0.1) is 19.8 Å². The fourth-order valence-electron chi connectivity index (χ4n) is 8.47. The van der Waals surface area contributed by atoms with Crippen molar-refractivity contribution in [2.75, 3.05) is 26.4 Å². The maximum Gasteiger partial charge on any atom is 0.397 e. The summed E-state index contributed by atoms with van der Waals surface area (Å²) in [6.45, 7) is 3.88. The molecule has 0 bridgehead atoms. The van der Waals surface area contributed by atoms with E-state index in [9.17, 15) is 33.1 Å². The maximum absolute atomic E-state index is 12.9. The van der Waals surface area contributed by atoms with Gasteiger partial charge in [-0.05, 0) is 57.8 Å². The molecule has 1 heterocycles. The normalized spacial score (nSPS) is 19.5. The van der Waals surface area contributed by atoms with Crippen molar-refractivity contribution >= 4 is 16.4 Å². The van der Waals surface area contributed by atoms with Gasteiger partial charge in [0, 0.05) is 13.0 Å². The van der Waals surface area contributed by atoms with Crippen molar-refractivity contribution < 1.29 is 56.2 Å². The van der Waals surface area contributed by atoms with Gasteiger partial charge in [-0.15, -0.1) is 0 Å². The summed E-state index contributed by atoms with van der Waals surface area (Å²) >= 11 is 0. The lowest BCUT2D eigenvalue weighted by molar-refractivity contribution is -0.301. The molecule has 6 unspecified atom stereocenters. The van der Waals surface area contributed by atoms with E-state index in [0.717, 1.165) is 89.9 Å². The first kappa shape index (κ1) is 65.8. The summed E-state index contributed by atoms with van der Waals surface area (Å²) in [5.41, 5.74) is 0. The number of aliphatic hydroxyl groups excluding tert-OH is 3. The average molecular weight is 1010 g/mol. The Bertz CT molecular complexity index is 1450. The second-order valence-electron chi connectivity index (χ2n) is 19.2. The number of aliphatic hydroxyl groups is 3. The largest absolute Gasteiger partial charge is 0.457 e. The smallest absolute Gasteiger partial charge is 0.397 e. The lowest BCUT2D eigenvalue weighted by Gasteiger charge is -2.41. The topological polar surface area (TPSA) is 178 Å². The number of allylic oxidation sites excluding steroid dienone is 10. The van der Waals surface area contributed by atoms with Gasteiger partial charge in [0.2, 0.25) is 0 Å². The highest BCUT2D eigenvalue weighted by molar-refractivity contribution is 7.80. The van der Waals surface area contributed by atoms with E-state index in [1.807, 2.05) is 0 Å². The Balaban J connectivity index is 2.33. The van der Waals surface area contributed by atoms with E-state index in [1.165, 1.54) is 116 Å². The third-order valence-corrected chi connectivity index (χ3v) is 13.1. The summed E-state index contributed by atoms with van der Waals surface area (Å²) in [4.78, 5) is 12.9. The minimum Gasteiger partial charge on any atom is -0.457 e. The Morgan fingerprint density at radius 3 is 1.44 bits per heavy atom. The quantitative estimate of drug-likeness (QED) is 0.0196. The van der Waals surface area contributed by atoms with E-state index in [4.69, 9.17) is 18.9 Å². The predicted molar refractivity (Wildman–Crippen MR) is 285 cm³/mol. The number of esters is 1. The van der Waals surface area contributed by atoms with Crippen molar-refractivity contribution in [3.8, 4) is 0 Å². The van der Waals surface area contributed by atoms with E-state index in [-0.39, 0.29) is 19.6 Å². The second-order valence-corrected chi connectivity index (χ2v) is 20.2. The first-order valence-corrected chi connectivity index (χ1v) is 29.4. The zero-order chi connectivity index (χ0) is 51.0. The van der Waals surface area contributed by atoms with Gasteiger partial charge in [-0.25, -0.2) is 4.18 Å². The molecule has 6 atom stereocenters. The highest BCUT2D eigenvalue weighted by atomic mass is 32.3. The molecule has 12 nitrogen and oxygen atoms in total. The van der Waals surface area contributed by atoms with Gasteiger partial charge in [-0.3, -0.25) is 9.35 Å². The molecule has 4 N–H and O–H groups in total. The molecule has 0 spiro atoms. The average Bonchev–Trinajstić information content (AvgIpc) is 3.34. The highest BCUT2D eigenvalue weighted by Gasteiger charge is 2.48. The summed E-state index contributed by atoms with van der Waals surface area (Å²) < 4.78 is 59.4. The van der Waals surface area contributed by atoms with E-state index >= 15 is 0 Å². The molecule has 70 heavy (non-hydrogen) atoms. The van der Waals surface area contributed by atoms with Crippen LogP contribution in [0.5, 0.6) is 0 Å². The van der Waals surface area contributed by atoms with Crippen molar-refractivity contribution in [1.82, 2.24) is 0 Å². The standard InChI is InChI=1S/C57H102O12S/c1-3-5-7-9-11-13-15-17-19-21-23-25-27-29-31-33-35-37-39-41-43-45-47-65-49-51(50-66-57-55(61)56(69-70(62,63)64)54(60)52(48-58)68-57)67-53(59)46-44-42-40-38-36-34-32-30-28-26-24-22-20-18-16-14-12-10-8-6-4-2/h5,7,11,13,17,19,23,25,29,31,51-52,54-58,60-61H,3-4,6,8-10,12,14-16,18,20-22,24,26-28,30,32-50H2,1-2H3,(H,62,63,64)/b7-5-,13-11-,19-17-,25-23-,31-29-. The SMILES string of the molecule is CC/C=C\C/C=C\C/C=C\C/C=C\C/C=C\CCCCCCCCOCC(COC1OC(CO)C(O)C(OS(=O)(=O)O)C1O)OC(=O)CCCCCCCCCCCCCCCCCCCCCCC. The van der Waals surface area contributed by atoms with Gasteiger partial charge in [0.1, 0.15) is 30.5 Å². The fraction of sp³-hybridized carbons (Fsp3) is 0.807. The highest BCUT2D eigenvalue weighted by Crippen LogP contribution is 2.26. The molecule has 0 saturated carbocycles. The lowest BCUT2D eigenvalue weighted by atomic mass is 9.99. The van der Waals surface area contributed by atoms with E-state index in [1.54, 1.807) is 0 Å². The molecule has 1 rings (SSSR count). The van der Waals surface area contributed by atoms with Crippen LogP contribution in [0.25, 0.3) is 0 Å². The Morgan fingerprint density at radius 1 is 0.557 bits per heavy atom. The van der Waals surface area contributed by atoms with Gasteiger partial charge in [0.25, 0.3) is 0 Å². The minimum atomic E-state index is -5.07. The van der Waals surface area contributed by atoms with E-state index in [2.05, 4.69) is 78.8 Å². The zero-order valence-corrected chi connectivity index (χ0v) is 44.9. The van der Waals surface area contributed by atoms with Crippen LogP contribution < -0.4 is 0 Å². The summed E-state index contributed by atoms with van der Waals surface area (Å²) in [6.07, 6.45) is 52.5. The maximum atomic E-state index is 12.9. The number of rotatable bonds is 49. The molecule has 13 heteroatoms. The number of carbonyl (C=O) groups excluding carboxylic acids is 1. The third-order valence-electron chi connectivity index (χ3n) is 12.7. The van der Waals surface area contributed by atoms with Crippen LogP contribution in [0.15, 0.2) is 60.8 Å². The molecular formula is C57H102O12S. The van der Waals surface area contributed by atoms with Crippen LogP contribution >= 0.6 is 0 Å². The van der Waals surface area contributed by atoms with Crippen molar-refractivity contribution in [2.45, 2.75) is 269 Å². The number of carbonyl (C=O) groups is 1. The molecule has 0 radical (unpaired) electrons. The van der Waals surface area contributed by atoms with E-state index in [0.29, 0.717) is 13.0 Å². The van der Waals surface area contributed by atoms with Gasteiger partial charge >= 0.3 is 16.4 Å². The van der Waals surface area contributed by atoms with Crippen LogP contribution in [0.3, 0.4) is 0 Å². The van der Waals surface area contributed by atoms with Gasteiger partial charge in [0.15, 0.2) is 6.29 Å². The van der Waals surface area contributed by atoms with Gasteiger partial charge in [-0.1, -0.05) is 229 Å². The molecule has 1 aliphatic heterocycles. The molecule has 0 aliphatic carbocycles. The molecule has 1 aliphatic rings. The Morgan fingerprint density at radius 2 is 0.986 bits per heavy atom.